The third kappa shape index (κ3) is 51.4. The van der Waals surface area contributed by atoms with Crippen molar-refractivity contribution in [3.8, 4) is 0 Å². The van der Waals surface area contributed by atoms with Gasteiger partial charge in [0.2, 0.25) is 5.91 Å². The lowest BCUT2D eigenvalue weighted by Crippen LogP contribution is -2.60. The molecular weight excluding hydrogens is 1030 g/mol. The number of carbonyl (C=O) groups is 1. The number of nitrogens with one attached hydrogen (secondary N) is 1. The Bertz CT molecular complexity index is 1540. The first-order valence-electron chi connectivity index (χ1n) is 35.7. The number of carbonyl (C=O) groups excluding carboxylic acids is 1. The smallest absolute Gasteiger partial charge is 0.220 e. The van der Waals surface area contributed by atoms with Gasteiger partial charge in [-0.3, -0.25) is 4.79 Å². The number of aliphatic hydroxyl groups excluding tert-OH is 5. The molecule has 1 saturated heterocycles. The molecule has 83 heavy (non-hydrogen) atoms. The Morgan fingerprint density at radius 2 is 0.723 bits per heavy atom. The molecule has 0 aromatic heterocycles. The third-order valence-electron chi connectivity index (χ3n) is 16.7. The Labute approximate surface area is 512 Å². The highest BCUT2D eigenvalue weighted by atomic mass is 16.7. The fourth-order valence-electron chi connectivity index (χ4n) is 11.1. The zero-order valence-electron chi connectivity index (χ0n) is 54.2. The first-order valence-corrected chi connectivity index (χ1v) is 35.7. The van der Waals surface area contributed by atoms with E-state index in [0.717, 1.165) is 57.8 Å². The highest BCUT2D eigenvalue weighted by Crippen LogP contribution is 2.23. The second kappa shape index (κ2) is 62.7. The average Bonchev–Trinajstić information content (AvgIpc) is 3.60. The standard InChI is InChI=1S/C74H135NO8/c1-3-5-7-9-11-13-15-17-19-21-23-25-27-29-31-32-33-34-35-36-38-39-41-43-45-47-49-51-53-55-57-59-61-63-68(77)67(66-82-74-73(81)72(80)71(79)69(65-76)83-74)75-70(78)64-62-60-58-56-54-52-50-48-46-44-42-40-37-30-28-26-24-22-20-18-16-14-12-10-8-6-4-2/h16,18,22,24,28,30,45,47,53,55,61,63,67-69,71-74,76-77,79-81H,3-15,17,19-21,23,25-27,29,31-44,46,48-52,54,56-60,62,64-66H2,1-2H3,(H,75,78)/b18-16-,24-22-,30-28-,47-45+,55-53+,63-61+. The Morgan fingerprint density at radius 1 is 0.410 bits per heavy atom. The van der Waals surface area contributed by atoms with Gasteiger partial charge in [0.1, 0.15) is 24.4 Å². The summed E-state index contributed by atoms with van der Waals surface area (Å²) in [5.74, 6) is -0.191. The molecule has 0 bridgehead atoms. The molecule has 1 rings (SSSR count). The molecule has 7 atom stereocenters. The summed E-state index contributed by atoms with van der Waals surface area (Å²) in [7, 11) is 0. The lowest BCUT2D eigenvalue weighted by atomic mass is 9.99. The van der Waals surface area contributed by atoms with Crippen LogP contribution in [-0.2, 0) is 14.3 Å². The van der Waals surface area contributed by atoms with E-state index in [0.29, 0.717) is 6.42 Å². The lowest BCUT2D eigenvalue weighted by Gasteiger charge is -2.40. The van der Waals surface area contributed by atoms with Crippen LogP contribution in [0.5, 0.6) is 0 Å². The van der Waals surface area contributed by atoms with Gasteiger partial charge in [0.25, 0.3) is 0 Å². The number of allylic oxidation sites excluding steroid dienone is 11. The second-order valence-electron chi connectivity index (χ2n) is 24.7. The Hall–Kier alpha value is -2.37. The minimum Gasteiger partial charge on any atom is -0.394 e. The molecule has 7 unspecified atom stereocenters. The van der Waals surface area contributed by atoms with E-state index in [1.165, 1.54) is 257 Å². The highest BCUT2D eigenvalue weighted by Gasteiger charge is 2.44. The molecule has 0 aromatic rings. The van der Waals surface area contributed by atoms with Crippen molar-refractivity contribution < 1.29 is 39.8 Å². The van der Waals surface area contributed by atoms with Gasteiger partial charge in [-0.2, -0.15) is 0 Å². The van der Waals surface area contributed by atoms with Crippen LogP contribution in [0.15, 0.2) is 72.9 Å². The molecule has 0 radical (unpaired) electrons. The summed E-state index contributed by atoms with van der Waals surface area (Å²) in [6.45, 7) is 3.78. The summed E-state index contributed by atoms with van der Waals surface area (Å²) in [5, 5.41) is 54.7. The first-order chi connectivity index (χ1) is 40.8. The van der Waals surface area contributed by atoms with Gasteiger partial charge in [-0.15, -0.1) is 0 Å². The highest BCUT2D eigenvalue weighted by molar-refractivity contribution is 5.76. The number of ether oxygens (including phenoxy) is 2. The largest absolute Gasteiger partial charge is 0.394 e. The summed E-state index contributed by atoms with van der Waals surface area (Å²) in [4.78, 5) is 13.1. The van der Waals surface area contributed by atoms with Crippen molar-refractivity contribution in [2.75, 3.05) is 13.2 Å². The zero-order chi connectivity index (χ0) is 60.0. The molecule has 1 amide bonds. The van der Waals surface area contributed by atoms with E-state index < -0.39 is 49.5 Å². The monoisotopic (exact) mass is 1170 g/mol. The minimum absolute atomic E-state index is 0.191. The lowest BCUT2D eigenvalue weighted by molar-refractivity contribution is -0.302. The first kappa shape index (κ1) is 78.6. The molecule has 1 aliphatic heterocycles. The van der Waals surface area contributed by atoms with Crippen molar-refractivity contribution in [2.24, 2.45) is 0 Å². The molecule has 484 valence electrons. The number of hydrogen-bond donors (Lipinski definition) is 6. The average molecular weight is 1170 g/mol. The van der Waals surface area contributed by atoms with Gasteiger partial charge >= 0.3 is 0 Å². The summed E-state index contributed by atoms with van der Waals surface area (Å²) >= 11 is 0. The maximum Gasteiger partial charge on any atom is 0.220 e. The van der Waals surface area contributed by atoms with E-state index in [-0.39, 0.29) is 12.5 Å². The van der Waals surface area contributed by atoms with Crippen molar-refractivity contribution in [1.29, 1.82) is 0 Å². The molecule has 0 aliphatic carbocycles. The normalized spacial score (nSPS) is 18.7. The predicted molar refractivity (Wildman–Crippen MR) is 355 cm³/mol. The van der Waals surface area contributed by atoms with Crippen molar-refractivity contribution >= 4 is 5.91 Å². The summed E-state index contributed by atoms with van der Waals surface area (Å²) in [5.41, 5.74) is 0. The number of amides is 1. The molecule has 9 heteroatoms. The molecule has 9 nitrogen and oxygen atoms in total. The van der Waals surface area contributed by atoms with Crippen LogP contribution in [0.25, 0.3) is 0 Å². The Balaban J connectivity index is 2.17. The van der Waals surface area contributed by atoms with Crippen LogP contribution in [0.4, 0.5) is 0 Å². The van der Waals surface area contributed by atoms with Crippen LogP contribution in [0.3, 0.4) is 0 Å². The van der Waals surface area contributed by atoms with Gasteiger partial charge in [0.15, 0.2) is 6.29 Å². The zero-order valence-corrected chi connectivity index (χ0v) is 54.2. The van der Waals surface area contributed by atoms with E-state index in [4.69, 9.17) is 9.47 Å². The number of hydrogen-bond acceptors (Lipinski definition) is 8. The van der Waals surface area contributed by atoms with Gasteiger partial charge in [0, 0.05) is 6.42 Å². The fraction of sp³-hybridized carbons (Fsp3) is 0.824. The maximum absolute atomic E-state index is 13.1. The van der Waals surface area contributed by atoms with E-state index in [1.54, 1.807) is 6.08 Å². The van der Waals surface area contributed by atoms with Crippen molar-refractivity contribution in [3.05, 3.63) is 72.9 Å². The topological polar surface area (TPSA) is 149 Å². The van der Waals surface area contributed by atoms with Gasteiger partial charge in [-0.1, -0.05) is 318 Å². The van der Waals surface area contributed by atoms with Crippen LogP contribution < -0.4 is 5.32 Å². The summed E-state index contributed by atoms with van der Waals surface area (Å²) < 4.78 is 11.3. The van der Waals surface area contributed by atoms with E-state index in [1.807, 2.05) is 6.08 Å². The van der Waals surface area contributed by atoms with E-state index in [9.17, 15) is 30.3 Å². The molecule has 6 N–H and O–H groups in total. The maximum atomic E-state index is 13.1. The van der Waals surface area contributed by atoms with Crippen molar-refractivity contribution in [2.45, 2.75) is 378 Å². The summed E-state index contributed by atoms with van der Waals surface area (Å²) in [6, 6.07) is -0.835. The molecule has 1 aliphatic rings. The third-order valence-corrected chi connectivity index (χ3v) is 16.7. The van der Waals surface area contributed by atoms with Gasteiger partial charge in [-0.25, -0.2) is 0 Å². The van der Waals surface area contributed by atoms with Crippen LogP contribution in [-0.4, -0.2) is 87.5 Å². The van der Waals surface area contributed by atoms with E-state index in [2.05, 4.69) is 79.9 Å². The quantitative estimate of drug-likeness (QED) is 0.0261. The molecule has 0 saturated carbocycles. The molecular formula is C74H135NO8. The van der Waals surface area contributed by atoms with Crippen LogP contribution >= 0.6 is 0 Å². The van der Waals surface area contributed by atoms with Crippen molar-refractivity contribution in [1.82, 2.24) is 5.32 Å². The second-order valence-corrected chi connectivity index (χ2v) is 24.7. The molecule has 0 spiro atoms. The van der Waals surface area contributed by atoms with Crippen LogP contribution in [0.1, 0.15) is 335 Å². The van der Waals surface area contributed by atoms with Gasteiger partial charge < -0.3 is 40.3 Å². The molecule has 1 heterocycles. The van der Waals surface area contributed by atoms with Crippen molar-refractivity contribution in [3.63, 3.8) is 0 Å². The molecule has 1 fully saturated rings. The fourth-order valence-corrected chi connectivity index (χ4v) is 11.1. The summed E-state index contributed by atoms with van der Waals surface area (Å²) in [6.07, 6.45) is 81.6. The molecule has 0 aromatic carbocycles. The predicted octanol–water partition coefficient (Wildman–Crippen LogP) is 19.5. The number of rotatable bonds is 62. The van der Waals surface area contributed by atoms with Crippen LogP contribution in [0.2, 0.25) is 0 Å². The number of aliphatic hydroxyl groups is 5. The van der Waals surface area contributed by atoms with Gasteiger partial charge in [-0.05, 0) is 83.5 Å². The number of unbranched alkanes of at least 4 members (excludes halogenated alkanes) is 42. The Kier molecular flexibility index (Phi) is 59.4. The Morgan fingerprint density at radius 3 is 1.10 bits per heavy atom. The van der Waals surface area contributed by atoms with E-state index >= 15 is 0 Å². The van der Waals surface area contributed by atoms with Crippen LogP contribution in [0, 0.1) is 0 Å². The van der Waals surface area contributed by atoms with Gasteiger partial charge in [0.05, 0.1) is 25.4 Å². The SMILES string of the molecule is CCCCCCC/C=C\C/C=C\C/C=C\CCCCCCCCCCCCCCC(=O)NC(COC1OC(CO)C(O)C(O)C1O)C(O)/C=C/CC/C=C/CC/C=C/CCCCCCCCCCCCCCCCCCCCCCCCC. The minimum atomic E-state index is -1.58.